The average Bonchev–Trinajstić information content (AvgIpc) is 3.27. The van der Waals surface area contributed by atoms with E-state index in [1.807, 2.05) is 37.3 Å². The van der Waals surface area contributed by atoms with E-state index in [1.54, 1.807) is 10.7 Å². The normalized spacial score (nSPS) is 14.8. The van der Waals surface area contributed by atoms with E-state index in [0.717, 1.165) is 69.1 Å². The van der Waals surface area contributed by atoms with Gasteiger partial charge in [0.05, 0.1) is 18.9 Å². The van der Waals surface area contributed by atoms with Crippen molar-refractivity contribution in [3.8, 4) is 17.0 Å². The first-order valence-corrected chi connectivity index (χ1v) is 12.8. The third-order valence-electron chi connectivity index (χ3n) is 6.19. The fourth-order valence-corrected chi connectivity index (χ4v) is 4.17. The molecule has 4 rings (SSSR count). The summed E-state index contributed by atoms with van der Waals surface area (Å²) in [6.07, 6.45) is 4.85. The molecule has 1 aromatic carbocycles. The zero-order valence-corrected chi connectivity index (χ0v) is 22.7. The Kier molecular flexibility index (Phi) is 10.9. The molecule has 1 saturated heterocycles. The number of fused-ring (bicyclic) bond motifs is 1. The van der Waals surface area contributed by atoms with E-state index in [0.29, 0.717) is 18.3 Å². The first kappa shape index (κ1) is 28.6. The van der Waals surface area contributed by atoms with Gasteiger partial charge in [-0.3, -0.25) is 10.2 Å². The van der Waals surface area contributed by atoms with Crippen molar-refractivity contribution in [2.24, 2.45) is 5.92 Å². The maximum atomic E-state index is 12.4. The predicted octanol–water partition coefficient (Wildman–Crippen LogP) is 4.26. The quantitative estimate of drug-likeness (QED) is 0.381. The molecule has 1 aliphatic heterocycles. The van der Waals surface area contributed by atoms with Crippen LogP contribution in [0.1, 0.15) is 40.0 Å². The van der Waals surface area contributed by atoms with Crippen molar-refractivity contribution in [3.63, 3.8) is 0 Å². The highest BCUT2D eigenvalue weighted by atomic mass is 35.5. The van der Waals surface area contributed by atoms with Crippen molar-refractivity contribution in [2.45, 2.75) is 46.1 Å². The van der Waals surface area contributed by atoms with Gasteiger partial charge >= 0.3 is 6.03 Å². The Balaban J connectivity index is 0.00000380. The highest BCUT2D eigenvalue weighted by Gasteiger charge is 2.14. The lowest BCUT2D eigenvalue weighted by Crippen LogP contribution is -2.38. The van der Waals surface area contributed by atoms with E-state index >= 15 is 0 Å². The number of aromatic nitrogens is 4. The molecule has 1 atom stereocenters. The van der Waals surface area contributed by atoms with E-state index < -0.39 is 0 Å². The minimum Gasteiger partial charge on any atom is -0.492 e. The van der Waals surface area contributed by atoms with Crippen molar-refractivity contribution in [2.75, 3.05) is 44.8 Å². The molecule has 0 aliphatic carbocycles. The van der Waals surface area contributed by atoms with Crippen LogP contribution in [0.2, 0.25) is 0 Å². The lowest BCUT2D eigenvalue weighted by molar-refractivity contribution is 0.0322. The van der Waals surface area contributed by atoms with E-state index in [4.69, 9.17) is 9.47 Å². The molecule has 3 aromatic rings. The molecule has 0 radical (unpaired) electrons. The molecule has 2 N–H and O–H groups in total. The van der Waals surface area contributed by atoms with Crippen LogP contribution in [0.15, 0.2) is 36.5 Å². The molecular weight excluding hydrogens is 494 g/mol. The summed E-state index contributed by atoms with van der Waals surface area (Å²) in [7, 11) is 0. The summed E-state index contributed by atoms with van der Waals surface area (Å²) >= 11 is 0. The average molecular weight is 532 g/mol. The van der Waals surface area contributed by atoms with Crippen molar-refractivity contribution in [1.82, 2.24) is 29.8 Å². The van der Waals surface area contributed by atoms with Crippen LogP contribution < -0.4 is 15.4 Å². The van der Waals surface area contributed by atoms with E-state index in [9.17, 15) is 4.79 Å². The molecule has 10 nitrogen and oxygen atoms in total. The molecule has 0 saturated carbocycles. The molecule has 2 amide bonds. The second kappa shape index (κ2) is 14.1. The van der Waals surface area contributed by atoms with Crippen LogP contribution in [0.5, 0.6) is 5.75 Å². The number of urea groups is 1. The number of carbonyl (C=O) groups is 1. The summed E-state index contributed by atoms with van der Waals surface area (Å²) in [5, 5.41) is 10.2. The van der Waals surface area contributed by atoms with Crippen molar-refractivity contribution < 1.29 is 14.3 Å². The maximum absolute atomic E-state index is 12.4. The van der Waals surface area contributed by atoms with Crippen LogP contribution in [0.4, 0.5) is 10.7 Å². The molecule has 2 aromatic heterocycles. The minimum absolute atomic E-state index is 0. The van der Waals surface area contributed by atoms with E-state index in [1.165, 1.54) is 0 Å². The number of morpholine rings is 1. The number of nitrogens with zero attached hydrogens (tertiary/aromatic N) is 5. The zero-order chi connectivity index (χ0) is 25.3. The van der Waals surface area contributed by atoms with Gasteiger partial charge < -0.3 is 14.8 Å². The summed E-state index contributed by atoms with van der Waals surface area (Å²) < 4.78 is 12.9. The van der Waals surface area contributed by atoms with Gasteiger partial charge in [-0.25, -0.2) is 9.78 Å². The summed E-state index contributed by atoms with van der Waals surface area (Å²) in [6.45, 7) is 11.4. The SMILES string of the molecule is CC(C)CCC[C@H](C)NC(=O)Nc1nc2nccc(-c3ccc(OCCN4CCOCC4)cc3)n2n1.Cl. The van der Waals surface area contributed by atoms with Crippen molar-refractivity contribution in [1.29, 1.82) is 0 Å². The topological polar surface area (TPSA) is 106 Å². The molecule has 202 valence electrons. The first-order chi connectivity index (χ1) is 17.5. The molecule has 1 fully saturated rings. The van der Waals surface area contributed by atoms with Crippen LogP contribution in [-0.2, 0) is 4.74 Å². The Hall–Kier alpha value is -2.95. The largest absolute Gasteiger partial charge is 0.492 e. The second-order valence-electron chi connectivity index (χ2n) is 9.63. The summed E-state index contributed by atoms with van der Waals surface area (Å²) in [6, 6.07) is 9.50. The van der Waals surface area contributed by atoms with Crippen molar-refractivity contribution in [3.05, 3.63) is 36.5 Å². The van der Waals surface area contributed by atoms with Gasteiger partial charge in [-0.05, 0) is 49.6 Å². The number of hydrogen-bond donors (Lipinski definition) is 2. The lowest BCUT2D eigenvalue weighted by Gasteiger charge is -2.26. The fourth-order valence-electron chi connectivity index (χ4n) is 4.17. The van der Waals surface area contributed by atoms with Gasteiger partial charge in [0.15, 0.2) is 0 Å². The number of ether oxygens (including phenoxy) is 2. The highest BCUT2D eigenvalue weighted by molar-refractivity contribution is 5.87. The summed E-state index contributed by atoms with van der Waals surface area (Å²) in [5.41, 5.74) is 1.77. The number of benzene rings is 1. The molecule has 37 heavy (non-hydrogen) atoms. The van der Waals surface area contributed by atoms with Crippen LogP contribution in [0, 0.1) is 5.92 Å². The van der Waals surface area contributed by atoms with Crippen LogP contribution >= 0.6 is 12.4 Å². The Morgan fingerprint density at radius 1 is 1.11 bits per heavy atom. The molecular formula is C26H38ClN7O3. The molecule has 0 spiro atoms. The second-order valence-corrected chi connectivity index (χ2v) is 9.63. The Morgan fingerprint density at radius 3 is 2.59 bits per heavy atom. The van der Waals surface area contributed by atoms with Gasteiger partial charge in [0.25, 0.3) is 11.7 Å². The Bertz CT molecular complexity index is 1120. The van der Waals surface area contributed by atoms with Crippen LogP contribution in [-0.4, -0.2) is 76.0 Å². The summed E-state index contributed by atoms with van der Waals surface area (Å²) in [5.74, 6) is 2.11. The number of carbonyl (C=O) groups excluding carboxylic acids is 1. The minimum atomic E-state index is -0.317. The number of nitrogens with one attached hydrogen (secondary N) is 2. The van der Waals surface area contributed by atoms with Gasteiger partial charge in [-0.2, -0.15) is 9.50 Å². The fraction of sp³-hybridized carbons (Fsp3) is 0.538. The highest BCUT2D eigenvalue weighted by Crippen LogP contribution is 2.23. The standard InChI is InChI=1S/C26H37N7O3.ClH/c1-19(2)5-4-6-20(3)28-26(34)30-24-29-25-27-12-11-23(33(25)31-24)21-7-9-22(10-8-21)36-18-15-32-13-16-35-17-14-32;/h7-12,19-20H,4-6,13-18H2,1-3H3,(H2,28,30,31,34);1H/t20-;/m0./s1. The number of halogens is 1. The third-order valence-corrected chi connectivity index (χ3v) is 6.19. The van der Waals surface area contributed by atoms with Gasteiger partial charge in [-0.15, -0.1) is 17.5 Å². The molecule has 1 aliphatic rings. The van der Waals surface area contributed by atoms with E-state index in [2.05, 4.69) is 44.4 Å². The predicted molar refractivity (Wildman–Crippen MR) is 147 cm³/mol. The van der Waals surface area contributed by atoms with Gasteiger partial charge in [0, 0.05) is 37.4 Å². The molecule has 0 unspecified atom stereocenters. The smallest absolute Gasteiger partial charge is 0.321 e. The number of anilines is 1. The monoisotopic (exact) mass is 531 g/mol. The maximum Gasteiger partial charge on any atom is 0.321 e. The zero-order valence-electron chi connectivity index (χ0n) is 21.9. The molecule has 3 heterocycles. The molecule has 11 heteroatoms. The molecule has 0 bridgehead atoms. The summed E-state index contributed by atoms with van der Waals surface area (Å²) in [4.78, 5) is 23.4. The van der Waals surface area contributed by atoms with Crippen LogP contribution in [0.25, 0.3) is 17.0 Å². The third kappa shape index (κ3) is 8.55. The Morgan fingerprint density at radius 2 is 1.86 bits per heavy atom. The Labute approximate surface area is 224 Å². The van der Waals surface area contributed by atoms with E-state index in [-0.39, 0.29) is 30.4 Å². The van der Waals surface area contributed by atoms with Gasteiger partial charge in [0.1, 0.15) is 12.4 Å². The number of hydrogen-bond acceptors (Lipinski definition) is 7. The van der Waals surface area contributed by atoms with Crippen LogP contribution in [0.3, 0.4) is 0 Å². The first-order valence-electron chi connectivity index (χ1n) is 12.8. The van der Waals surface area contributed by atoms with Gasteiger partial charge in [-0.1, -0.05) is 26.7 Å². The number of amides is 2. The lowest BCUT2D eigenvalue weighted by atomic mass is 10.0. The van der Waals surface area contributed by atoms with Gasteiger partial charge in [0.2, 0.25) is 0 Å². The van der Waals surface area contributed by atoms with Crippen molar-refractivity contribution >= 4 is 30.2 Å². The number of rotatable bonds is 11.